The van der Waals surface area contributed by atoms with Gasteiger partial charge in [-0.25, -0.2) is 0 Å². The van der Waals surface area contributed by atoms with Crippen LogP contribution in [0.2, 0.25) is 0 Å². The molecule has 2 aromatic heterocycles. The van der Waals surface area contributed by atoms with Crippen LogP contribution in [0.4, 0.5) is 5.69 Å². The van der Waals surface area contributed by atoms with Gasteiger partial charge in [0.05, 0.1) is 11.1 Å². The number of benzene rings is 1. The fourth-order valence-corrected chi connectivity index (χ4v) is 2.82. The lowest BCUT2D eigenvalue weighted by atomic mass is 10.2. The van der Waals surface area contributed by atoms with Crippen LogP contribution in [-0.4, -0.2) is 20.6 Å². The Balaban J connectivity index is 2.03. The van der Waals surface area contributed by atoms with E-state index in [1.165, 1.54) is 6.20 Å². The van der Waals surface area contributed by atoms with Crippen molar-refractivity contribution in [1.82, 2.24) is 9.55 Å². The third kappa shape index (κ3) is 2.94. The van der Waals surface area contributed by atoms with Gasteiger partial charge in [0, 0.05) is 28.3 Å². The highest BCUT2D eigenvalue weighted by atomic mass is 79.9. The number of fused-ring (bicyclic) bond motifs is 1. The highest BCUT2D eigenvalue weighted by Crippen LogP contribution is 2.40. The Morgan fingerprint density at radius 3 is 2.79 bits per heavy atom. The molecule has 0 atom stereocenters. The zero-order valence-electron chi connectivity index (χ0n) is 13.2. The molecule has 24 heavy (non-hydrogen) atoms. The maximum atomic E-state index is 12.1. The maximum absolute atomic E-state index is 12.1. The van der Waals surface area contributed by atoms with Crippen LogP contribution >= 0.6 is 15.9 Å². The molecule has 1 aromatic carbocycles. The molecule has 0 aliphatic heterocycles. The van der Waals surface area contributed by atoms with Gasteiger partial charge in [0.25, 0.3) is 5.91 Å². The van der Waals surface area contributed by atoms with E-state index < -0.39 is 5.91 Å². The van der Waals surface area contributed by atoms with E-state index in [-0.39, 0.29) is 11.6 Å². The summed E-state index contributed by atoms with van der Waals surface area (Å²) in [5, 5.41) is 18.9. The van der Waals surface area contributed by atoms with Gasteiger partial charge in [-0.3, -0.25) is 9.78 Å². The van der Waals surface area contributed by atoms with E-state index in [4.69, 9.17) is 0 Å². The average molecular weight is 387 g/mol. The highest BCUT2D eigenvalue weighted by molar-refractivity contribution is 9.10. The Bertz CT molecular complexity index is 945. The molecular weight excluding hydrogens is 372 g/mol. The van der Waals surface area contributed by atoms with Gasteiger partial charge in [0.2, 0.25) is 5.88 Å². The smallest absolute Gasteiger partial charge is 0.296 e. The summed E-state index contributed by atoms with van der Waals surface area (Å²) < 4.78 is 2.57. The van der Waals surface area contributed by atoms with E-state index in [0.29, 0.717) is 12.1 Å². The SMILES string of the molecule is CCn1c(O)c(N=NC(=O)c2ccc(C)nc2)c2cc(Br)ccc21. The van der Waals surface area contributed by atoms with Crippen molar-refractivity contribution in [2.45, 2.75) is 20.4 Å². The van der Waals surface area contributed by atoms with Crippen LogP contribution in [0.5, 0.6) is 5.88 Å². The summed E-state index contributed by atoms with van der Waals surface area (Å²) in [7, 11) is 0. The number of hydrogen-bond donors (Lipinski definition) is 1. The number of aromatic hydroxyl groups is 1. The standard InChI is InChI=1S/C17H15BrN4O2/c1-3-22-14-7-6-12(18)8-13(14)15(17(22)24)20-21-16(23)11-5-4-10(2)19-9-11/h4-9,24H,3H2,1-2H3. The zero-order chi connectivity index (χ0) is 17.3. The van der Waals surface area contributed by atoms with E-state index >= 15 is 0 Å². The molecule has 0 saturated heterocycles. The van der Waals surface area contributed by atoms with Crippen molar-refractivity contribution in [2.75, 3.05) is 0 Å². The van der Waals surface area contributed by atoms with Crippen LogP contribution < -0.4 is 0 Å². The molecule has 1 N–H and O–H groups in total. The maximum Gasteiger partial charge on any atom is 0.296 e. The second kappa shape index (κ2) is 6.52. The number of hydrogen-bond acceptors (Lipinski definition) is 4. The molecule has 0 radical (unpaired) electrons. The molecule has 7 heteroatoms. The van der Waals surface area contributed by atoms with Crippen LogP contribution in [0.25, 0.3) is 10.9 Å². The zero-order valence-corrected chi connectivity index (χ0v) is 14.8. The predicted molar refractivity (Wildman–Crippen MR) is 94.8 cm³/mol. The van der Waals surface area contributed by atoms with Crippen molar-refractivity contribution in [3.8, 4) is 5.88 Å². The van der Waals surface area contributed by atoms with Crippen LogP contribution in [0.3, 0.4) is 0 Å². The number of amides is 1. The second-order valence-corrected chi connectivity index (χ2v) is 6.19. The summed E-state index contributed by atoms with van der Waals surface area (Å²) in [5.41, 5.74) is 2.28. The van der Waals surface area contributed by atoms with Gasteiger partial charge in [0.15, 0.2) is 5.69 Å². The number of nitrogens with zero attached hydrogens (tertiary/aromatic N) is 4. The third-order valence-corrected chi connectivity index (χ3v) is 4.18. The summed E-state index contributed by atoms with van der Waals surface area (Å²) in [6, 6.07) is 8.99. The number of pyridine rings is 1. The number of aromatic nitrogens is 2. The molecule has 3 aromatic rings. The molecule has 0 fully saturated rings. The molecule has 3 rings (SSSR count). The largest absolute Gasteiger partial charge is 0.493 e. The van der Waals surface area contributed by atoms with Crippen molar-refractivity contribution in [3.63, 3.8) is 0 Å². The van der Waals surface area contributed by atoms with E-state index in [1.807, 2.05) is 32.0 Å². The first-order valence-electron chi connectivity index (χ1n) is 7.40. The molecule has 0 spiro atoms. The first kappa shape index (κ1) is 16.3. The molecular formula is C17H15BrN4O2. The number of halogens is 1. The van der Waals surface area contributed by atoms with Crippen molar-refractivity contribution in [1.29, 1.82) is 0 Å². The number of azo groups is 1. The molecule has 6 nitrogen and oxygen atoms in total. The number of aryl methyl sites for hydroxylation is 2. The molecule has 0 saturated carbocycles. The first-order chi connectivity index (χ1) is 11.5. The lowest BCUT2D eigenvalue weighted by Crippen LogP contribution is -1.95. The van der Waals surface area contributed by atoms with Gasteiger partial charge in [-0.15, -0.1) is 10.2 Å². The van der Waals surface area contributed by atoms with Crippen LogP contribution in [-0.2, 0) is 6.54 Å². The molecule has 0 unspecified atom stereocenters. The molecule has 0 aliphatic carbocycles. The highest BCUT2D eigenvalue weighted by Gasteiger charge is 2.16. The summed E-state index contributed by atoms with van der Waals surface area (Å²) in [6.07, 6.45) is 1.46. The summed E-state index contributed by atoms with van der Waals surface area (Å²) in [6.45, 7) is 4.34. The third-order valence-electron chi connectivity index (χ3n) is 3.69. The molecule has 122 valence electrons. The fraction of sp³-hybridized carbons (Fsp3) is 0.176. The fourth-order valence-electron chi connectivity index (χ4n) is 2.46. The minimum absolute atomic E-state index is 0.0100. The predicted octanol–water partition coefficient (Wildman–Crippen LogP) is 4.76. The first-order valence-corrected chi connectivity index (χ1v) is 8.20. The lowest BCUT2D eigenvalue weighted by molar-refractivity contribution is 0.0994. The lowest BCUT2D eigenvalue weighted by Gasteiger charge is -2.01. The number of carbonyl (C=O) groups excluding carboxylic acids is 1. The Kier molecular flexibility index (Phi) is 4.44. The Labute approximate surface area is 147 Å². The molecule has 1 amide bonds. The van der Waals surface area contributed by atoms with Crippen molar-refractivity contribution in [2.24, 2.45) is 10.2 Å². The normalized spacial score (nSPS) is 11.5. The molecule has 0 aliphatic rings. The van der Waals surface area contributed by atoms with Crippen LogP contribution in [0, 0.1) is 6.92 Å². The summed E-state index contributed by atoms with van der Waals surface area (Å²) in [5.74, 6) is -0.515. The van der Waals surface area contributed by atoms with Crippen molar-refractivity contribution >= 4 is 38.4 Å². The van der Waals surface area contributed by atoms with E-state index in [9.17, 15) is 9.90 Å². The molecule has 2 heterocycles. The van der Waals surface area contributed by atoms with Crippen molar-refractivity contribution in [3.05, 3.63) is 52.3 Å². The minimum Gasteiger partial charge on any atom is -0.493 e. The van der Waals surface area contributed by atoms with Crippen LogP contribution in [0.1, 0.15) is 23.0 Å². The Morgan fingerprint density at radius 1 is 1.33 bits per heavy atom. The van der Waals surface area contributed by atoms with Gasteiger partial charge in [0.1, 0.15) is 0 Å². The monoisotopic (exact) mass is 386 g/mol. The average Bonchev–Trinajstić information content (AvgIpc) is 2.83. The molecule has 0 bridgehead atoms. The van der Waals surface area contributed by atoms with Gasteiger partial charge in [-0.2, -0.15) is 0 Å². The van der Waals surface area contributed by atoms with Crippen LogP contribution in [0.15, 0.2) is 51.2 Å². The minimum atomic E-state index is -0.505. The van der Waals surface area contributed by atoms with Gasteiger partial charge < -0.3 is 9.67 Å². The second-order valence-electron chi connectivity index (χ2n) is 5.27. The van der Waals surface area contributed by atoms with Gasteiger partial charge in [-0.1, -0.05) is 15.9 Å². The number of carbonyl (C=O) groups is 1. The quantitative estimate of drug-likeness (QED) is 0.659. The number of rotatable bonds is 3. The summed E-state index contributed by atoms with van der Waals surface area (Å²) >= 11 is 3.41. The van der Waals surface area contributed by atoms with Gasteiger partial charge in [-0.05, 0) is 44.2 Å². The summed E-state index contributed by atoms with van der Waals surface area (Å²) in [4.78, 5) is 16.2. The van der Waals surface area contributed by atoms with E-state index in [0.717, 1.165) is 21.1 Å². The topological polar surface area (TPSA) is 79.8 Å². The van der Waals surface area contributed by atoms with Crippen molar-refractivity contribution < 1.29 is 9.90 Å². The van der Waals surface area contributed by atoms with E-state index in [2.05, 4.69) is 31.1 Å². The van der Waals surface area contributed by atoms with Gasteiger partial charge >= 0.3 is 0 Å². The Morgan fingerprint density at radius 2 is 2.12 bits per heavy atom. The van der Waals surface area contributed by atoms with E-state index in [1.54, 1.807) is 16.7 Å². The Hall–Kier alpha value is -2.54.